The van der Waals surface area contributed by atoms with Gasteiger partial charge in [0.05, 0.1) is 6.42 Å². The lowest BCUT2D eigenvalue weighted by Gasteiger charge is -2.34. The van der Waals surface area contributed by atoms with Crippen LogP contribution in [0.25, 0.3) is 0 Å². The highest BCUT2D eigenvalue weighted by Crippen LogP contribution is 2.13. The summed E-state index contributed by atoms with van der Waals surface area (Å²) in [5, 5.41) is 3.50. The van der Waals surface area contributed by atoms with Crippen molar-refractivity contribution in [3.05, 3.63) is 34.9 Å². The molecule has 0 unspecified atom stereocenters. The summed E-state index contributed by atoms with van der Waals surface area (Å²) in [6, 6.07) is 7.32. The molecule has 5 nitrogen and oxygen atoms in total. The van der Waals surface area contributed by atoms with E-state index in [0.717, 1.165) is 12.0 Å². The smallest absolute Gasteiger partial charge is 0.317 e. The van der Waals surface area contributed by atoms with Crippen molar-refractivity contribution in [2.75, 3.05) is 32.7 Å². The first kappa shape index (κ1) is 16.6. The lowest BCUT2D eigenvalue weighted by atomic mass is 10.1. The molecule has 1 aliphatic heterocycles. The van der Waals surface area contributed by atoms with Gasteiger partial charge in [-0.25, -0.2) is 4.79 Å². The first-order chi connectivity index (χ1) is 10.6. The van der Waals surface area contributed by atoms with Crippen molar-refractivity contribution in [1.29, 1.82) is 0 Å². The number of piperazine rings is 1. The molecular weight excluding hydrogens is 302 g/mol. The van der Waals surface area contributed by atoms with Crippen molar-refractivity contribution in [2.24, 2.45) is 0 Å². The molecule has 1 saturated heterocycles. The second-order valence-electron chi connectivity index (χ2n) is 5.41. The lowest BCUT2D eigenvalue weighted by Crippen LogP contribution is -2.53. The van der Waals surface area contributed by atoms with Crippen LogP contribution in [0.3, 0.4) is 0 Å². The average Bonchev–Trinajstić information content (AvgIpc) is 2.52. The van der Waals surface area contributed by atoms with E-state index in [-0.39, 0.29) is 11.9 Å². The Hall–Kier alpha value is -1.75. The maximum Gasteiger partial charge on any atom is 0.317 e. The molecular formula is C16H22ClN3O2. The Morgan fingerprint density at radius 3 is 2.50 bits per heavy atom. The van der Waals surface area contributed by atoms with Crippen LogP contribution in [0, 0.1) is 0 Å². The molecule has 0 atom stereocenters. The molecule has 1 aliphatic rings. The molecule has 1 aromatic carbocycles. The second-order valence-corrected chi connectivity index (χ2v) is 5.84. The number of amides is 3. The van der Waals surface area contributed by atoms with Gasteiger partial charge in [0.2, 0.25) is 5.91 Å². The second kappa shape index (κ2) is 8.03. The van der Waals surface area contributed by atoms with Crippen molar-refractivity contribution in [3.8, 4) is 0 Å². The van der Waals surface area contributed by atoms with Crippen LogP contribution in [-0.4, -0.2) is 54.5 Å². The van der Waals surface area contributed by atoms with E-state index in [1.807, 2.05) is 30.0 Å². The first-order valence-electron chi connectivity index (χ1n) is 7.65. The minimum Gasteiger partial charge on any atom is -0.339 e. The third-order valence-corrected chi connectivity index (χ3v) is 3.93. The largest absolute Gasteiger partial charge is 0.339 e. The Morgan fingerprint density at radius 1 is 1.18 bits per heavy atom. The van der Waals surface area contributed by atoms with E-state index in [4.69, 9.17) is 11.6 Å². The molecule has 6 heteroatoms. The fourth-order valence-corrected chi connectivity index (χ4v) is 2.65. The average molecular weight is 324 g/mol. The fraction of sp³-hybridized carbons (Fsp3) is 0.500. The van der Waals surface area contributed by atoms with Crippen LogP contribution >= 0.6 is 11.6 Å². The van der Waals surface area contributed by atoms with Crippen LogP contribution in [0.15, 0.2) is 24.3 Å². The predicted octanol–water partition coefficient (Wildman–Crippen LogP) is 2.15. The fourth-order valence-electron chi connectivity index (χ4n) is 2.44. The topological polar surface area (TPSA) is 52.7 Å². The number of urea groups is 1. The summed E-state index contributed by atoms with van der Waals surface area (Å²) in [4.78, 5) is 27.7. The van der Waals surface area contributed by atoms with Crippen molar-refractivity contribution >= 4 is 23.5 Å². The summed E-state index contributed by atoms with van der Waals surface area (Å²) in [7, 11) is 0. The molecule has 0 saturated carbocycles. The van der Waals surface area contributed by atoms with Crippen LogP contribution in [0.2, 0.25) is 5.02 Å². The van der Waals surface area contributed by atoms with E-state index in [9.17, 15) is 9.59 Å². The predicted molar refractivity (Wildman–Crippen MR) is 87.0 cm³/mol. The number of benzene rings is 1. The van der Waals surface area contributed by atoms with Crippen LogP contribution in [0.1, 0.15) is 18.9 Å². The number of carbonyl (C=O) groups is 2. The number of rotatable bonds is 4. The first-order valence-corrected chi connectivity index (χ1v) is 8.03. The highest BCUT2D eigenvalue weighted by molar-refractivity contribution is 6.30. The number of hydrogen-bond donors (Lipinski definition) is 1. The Kier molecular flexibility index (Phi) is 6.07. The lowest BCUT2D eigenvalue weighted by molar-refractivity contribution is -0.131. The van der Waals surface area contributed by atoms with E-state index in [2.05, 4.69) is 5.32 Å². The highest BCUT2D eigenvalue weighted by atomic mass is 35.5. The Balaban J connectivity index is 1.81. The van der Waals surface area contributed by atoms with Crippen molar-refractivity contribution in [2.45, 2.75) is 19.8 Å². The van der Waals surface area contributed by atoms with Gasteiger partial charge in [0, 0.05) is 37.7 Å². The molecule has 1 aromatic rings. The van der Waals surface area contributed by atoms with Gasteiger partial charge in [0.25, 0.3) is 0 Å². The zero-order valence-electron chi connectivity index (χ0n) is 12.8. The summed E-state index contributed by atoms with van der Waals surface area (Å²) < 4.78 is 0. The number of nitrogens with one attached hydrogen (secondary N) is 1. The molecule has 0 aromatic heterocycles. The SMILES string of the molecule is CCCNC(=O)N1CCN(C(=O)Cc2cccc(Cl)c2)CC1. The summed E-state index contributed by atoms with van der Waals surface area (Å²) in [6.07, 6.45) is 1.27. The van der Waals surface area contributed by atoms with Gasteiger partial charge < -0.3 is 15.1 Å². The normalized spacial score (nSPS) is 14.8. The maximum absolute atomic E-state index is 12.3. The molecule has 22 heavy (non-hydrogen) atoms. The zero-order valence-corrected chi connectivity index (χ0v) is 13.6. The summed E-state index contributed by atoms with van der Waals surface area (Å²) in [6.45, 7) is 5.03. The minimum absolute atomic E-state index is 0.0382. The van der Waals surface area contributed by atoms with Gasteiger partial charge in [-0.3, -0.25) is 4.79 Å². The molecule has 2 rings (SSSR count). The van der Waals surface area contributed by atoms with Gasteiger partial charge in [-0.05, 0) is 24.1 Å². The Bertz CT molecular complexity index is 528. The van der Waals surface area contributed by atoms with E-state index in [1.165, 1.54) is 0 Å². The van der Waals surface area contributed by atoms with Crippen molar-refractivity contribution in [3.63, 3.8) is 0 Å². The van der Waals surface area contributed by atoms with Crippen LogP contribution in [0.5, 0.6) is 0 Å². The molecule has 0 spiro atoms. The molecule has 0 bridgehead atoms. The molecule has 0 aliphatic carbocycles. The van der Waals surface area contributed by atoms with Gasteiger partial charge in [0.1, 0.15) is 0 Å². The van der Waals surface area contributed by atoms with Gasteiger partial charge in [0.15, 0.2) is 0 Å². The number of hydrogen-bond acceptors (Lipinski definition) is 2. The number of halogens is 1. The molecule has 1 heterocycles. The number of nitrogens with zero attached hydrogens (tertiary/aromatic N) is 2. The Morgan fingerprint density at radius 2 is 1.86 bits per heavy atom. The quantitative estimate of drug-likeness (QED) is 0.923. The highest BCUT2D eigenvalue weighted by Gasteiger charge is 2.23. The molecule has 3 amide bonds. The maximum atomic E-state index is 12.3. The monoisotopic (exact) mass is 323 g/mol. The van der Waals surface area contributed by atoms with Gasteiger partial charge >= 0.3 is 6.03 Å². The molecule has 120 valence electrons. The molecule has 1 fully saturated rings. The summed E-state index contributed by atoms with van der Waals surface area (Å²) in [5.41, 5.74) is 0.917. The van der Waals surface area contributed by atoms with E-state index < -0.39 is 0 Å². The third kappa shape index (κ3) is 4.63. The number of carbonyl (C=O) groups excluding carboxylic acids is 2. The van der Waals surface area contributed by atoms with Gasteiger partial charge in [-0.1, -0.05) is 30.7 Å². The van der Waals surface area contributed by atoms with E-state index in [0.29, 0.717) is 44.2 Å². The van der Waals surface area contributed by atoms with Crippen LogP contribution in [0.4, 0.5) is 4.79 Å². The van der Waals surface area contributed by atoms with Gasteiger partial charge in [-0.2, -0.15) is 0 Å². The zero-order chi connectivity index (χ0) is 15.9. The van der Waals surface area contributed by atoms with Gasteiger partial charge in [-0.15, -0.1) is 0 Å². The van der Waals surface area contributed by atoms with Crippen molar-refractivity contribution in [1.82, 2.24) is 15.1 Å². The standard InChI is InChI=1S/C16H22ClN3O2/c1-2-6-18-16(22)20-9-7-19(8-10-20)15(21)12-13-4-3-5-14(17)11-13/h3-5,11H,2,6-10,12H2,1H3,(H,18,22). The summed E-state index contributed by atoms with van der Waals surface area (Å²) >= 11 is 5.93. The Labute approximate surface area is 136 Å². The van der Waals surface area contributed by atoms with Crippen LogP contribution in [-0.2, 0) is 11.2 Å². The minimum atomic E-state index is -0.0382. The van der Waals surface area contributed by atoms with Crippen molar-refractivity contribution < 1.29 is 9.59 Å². The third-order valence-electron chi connectivity index (χ3n) is 3.69. The molecule has 1 N–H and O–H groups in total. The van der Waals surface area contributed by atoms with Crippen LogP contribution < -0.4 is 5.32 Å². The van der Waals surface area contributed by atoms with E-state index >= 15 is 0 Å². The van der Waals surface area contributed by atoms with E-state index in [1.54, 1.807) is 11.0 Å². The summed E-state index contributed by atoms with van der Waals surface area (Å²) in [5.74, 6) is 0.0795. The molecule has 0 radical (unpaired) electrons.